The van der Waals surface area contributed by atoms with Crippen LogP contribution in [0.2, 0.25) is 0 Å². The van der Waals surface area contributed by atoms with Gasteiger partial charge in [0.2, 0.25) is 0 Å². The molecule has 1 rings (SSSR count). The van der Waals surface area contributed by atoms with Crippen LogP contribution in [-0.4, -0.2) is 39.1 Å². The van der Waals surface area contributed by atoms with Crippen molar-refractivity contribution in [3.8, 4) is 0 Å². The normalized spacial score (nSPS) is 12.8. The van der Waals surface area contributed by atoms with Crippen molar-refractivity contribution in [2.45, 2.75) is 46.1 Å². The number of nitrogens with one attached hydrogen (secondary N) is 1. The summed E-state index contributed by atoms with van der Waals surface area (Å²) in [6.45, 7) is 6.85. The Morgan fingerprint density at radius 2 is 2.10 bits per heavy atom. The molecule has 0 aromatic carbocycles. The second-order valence-corrected chi connectivity index (χ2v) is 5.60. The molecule has 1 heterocycles. The number of unbranched alkanes of at least 4 members (excludes halogenated alkanes) is 1. The molecule has 0 spiro atoms. The lowest BCUT2D eigenvalue weighted by Crippen LogP contribution is -2.32. The zero-order valence-corrected chi connectivity index (χ0v) is 12.4. The molecule has 0 unspecified atom stereocenters. The van der Waals surface area contributed by atoms with Crippen LogP contribution in [0.15, 0.2) is 17.5 Å². The first kappa shape index (κ1) is 16.4. The zero-order valence-electron chi connectivity index (χ0n) is 12.4. The molecule has 20 heavy (non-hydrogen) atoms. The number of amidine groups is 1. The second-order valence-electron chi connectivity index (χ2n) is 5.60. The Morgan fingerprint density at radius 3 is 2.75 bits per heavy atom. The second kappa shape index (κ2) is 8.52. The molecule has 0 aliphatic rings. The van der Waals surface area contributed by atoms with E-state index in [1.165, 1.54) is 0 Å². The molecule has 4 N–H and O–H groups in total. The number of nitrogens with zero attached hydrogens (tertiary/aromatic N) is 4. The van der Waals surface area contributed by atoms with Crippen LogP contribution in [0.3, 0.4) is 0 Å². The number of oxime groups is 1. The van der Waals surface area contributed by atoms with Crippen molar-refractivity contribution < 1.29 is 5.21 Å². The van der Waals surface area contributed by atoms with Gasteiger partial charge in [0.05, 0.1) is 6.20 Å². The number of nitrogens with two attached hydrogens (primary N) is 1. The Kier molecular flexibility index (Phi) is 7.00. The Balaban J connectivity index is 1.97. The predicted molar refractivity (Wildman–Crippen MR) is 78.5 cm³/mol. The summed E-state index contributed by atoms with van der Waals surface area (Å²) in [5, 5.41) is 22.9. The van der Waals surface area contributed by atoms with Gasteiger partial charge in [0.25, 0.3) is 0 Å². The number of hydrogen-bond donors (Lipinski definition) is 3. The smallest absolute Gasteiger partial charge is 0.144 e. The summed E-state index contributed by atoms with van der Waals surface area (Å²) in [5.74, 6) is 0.304. The highest BCUT2D eigenvalue weighted by molar-refractivity contribution is 5.85. The molecule has 0 atom stereocenters. The lowest BCUT2D eigenvalue weighted by atomic mass is 9.86. The van der Waals surface area contributed by atoms with Crippen molar-refractivity contribution in [1.82, 2.24) is 20.3 Å². The minimum Gasteiger partial charge on any atom is -0.409 e. The van der Waals surface area contributed by atoms with Gasteiger partial charge in [0.15, 0.2) is 0 Å². The maximum Gasteiger partial charge on any atom is 0.144 e. The molecule has 1 aromatic rings. The van der Waals surface area contributed by atoms with Gasteiger partial charge < -0.3 is 16.3 Å². The van der Waals surface area contributed by atoms with Crippen LogP contribution >= 0.6 is 0 Å². The average Bonchev–Trinajstić information content (AvgIpc) is 2.93. The first-order valence-corrected chi connectivity index (χ1v) is 7.09. The lowest BCUT2D eigenvalue weighted by molar-refractivity contribution is 0.304. The van der Waals surface area contributed by atoms with E-state index in [0.717, 1.165) is 45.3 Å². The molecule has 0 radical (unpaired) electrons. The first-order chi connectivity index (χ1) is 9.56. The van der Waals surface area contributed by atoms with Gasteiger partial charge in [-0.3, -0.25) is 4.68 Å². The fourth-order valence-electron chi connectivity index (χ4n) is 1.92. The van der Waals surface area contributed by atoms with Gasteiger partial charge >= 0.3 is 0 Å². The van der Waals surface area contributed by atoms with Crippen molar-refractivity contribution in [3.63, 3.8) is 0 Å². The van der Waals surface area contributed by atoms with Crippen LogP contribution in [0.1, 0.15) is 39.5 Å². The van der Waals surface area contributed by atoms with Gasteiger partial charge in [-0.25, -0.2) is 0 Å². The standard InChI is InChI=1S/C13H26N6O/c1-13(2,12(14)17-20)6-3-4-7-15-8-5-10-19-11-9-16-18-19/h9,11,15,20H,3-8,10H2,1-2H3,(H2,14,17). The Bertz CT molecular complexity index is 388. The zero-order chi connectivity index (χ0) is 14.8. The maximum atomic E-state index is 8.69. The highest BCUT2D eigenvalue weighted by Gasteiger charge is 2.22. The van der Waals surface area contributed by atoms with Crippen molar-refractivity contribution in [1.29, 1.82) is 0 Å². The van der Waals surface area contributed by atoms with E-state index in [-0.39, 0.29) is 5.41 Å². The molecule has 0 aliphatic heterocycles. The number of hydrogen-bond acceptors (Lipinski definition) is 5. The fourth-order valence-corrected chi connectivity index (χ4v) is 1.92. The van der Waals surface area contributed by atoms with E-state index in [9.17, 15) is 0 Å². The summed E-state index contributed by atoms with van der Waals surface area (Å²) in [5.41, 5.74) is 5.41. The average molecular weight is 282 g/mol. The largest absolute Gasteiger partial charge is 0.409 e. The SMILES string of the molecule is CC(C)(CCCCNCCCn1ccnn1)/C(N)=N/O. The first-order valence-electron chi connectivity index (χ1n) is 7.09. The van der Waals surface area contributed by atoms with Gasteiger partial charge in [-0.15, -0.1) is 5.10 Å². The number of aromatic nitrogens is 3. The maximum absolute atomic E-state index is 8.69. The molecule has 1 aromatic heterocycles. The van der Waals surface area contributed by atoms with Crippen molar-refractivity contribution in [2.24, 2.45) is 16.3 Å². The molecule has 0 aliphatic carbocycles. The van der Waals surface area contributed by atoms with Gasteiger partial charge in [0.1, 0.15) is 5.84 Å². The third-order valence-corrected chi connectivity index (χ3v) is 3.42. The van der Waals surface area contributed by atoms with Crippen molar-refractivity contribution in [2.75, 3.05) is 13.1 Å². The van der Waals surface area contributed by atoms with Crippen molar-refractivity contribution in [3.05, 3.63) is 12.4 Å². The van der Waals surface area contributed by atoms with Gasteiger partial charge in [-0.1, -0.05) is 30.6 Å². The number of aryl methyl sites for hydroxylation is 1. The lowest BCUT2D eigenvalue weighted by Gasteiger charge is -2.22. The highest BCUT2D eigenvalue weighted by atomic mass is 16.4. The van der Waals surface area contributed by atoms with E-state index >= 15 is 0 Å². The quantitative estimate of drug-likeness (QED) is 0.197. The van der Waals surface area contributed by atoms with E-state index in [0.29, 0.717) is 5.84 Å². The molecule has 0 saturated heterocycles. The summed E-state index contributed by atoms with van der Waals surface area (Å²) in [6.07, 6.45) is 7.67. The molecular formula is C13H26N6O. The molecule has 0 bridgehead atoms. The summed E-state index contributed by atoms with van der Waals surface area (Å²) in [6, 6.07) is 0. The summed E-state index contributed by atoms with van der Waals surface area (Å²) >= 11 is 0. The molecule has 114 valence electrons. The van der Waals surface area contributed by atoms with Gasteiger partial charge in [-0.2, -0.15) is 0 Å². The van der Waals surface area contributed by atoms with E-state index in [4.69, 9.17) is 10.9 Å². The Hall–Kier alpha value is -1.63. The van der Waals surface area contributed by atoms with E-state index in [1.807, 2.05) is 24.7 Å². The molecule has 0 saturated carbocycles. The topological polar surface area (TPSA) is 101 Å². The Labute approximate surface area is 120 Å². The van der Waals surface area contributed by atoms with Crippen LogP contribution in [0.25, 0.3) is 0 Å². The predicted octanol–water partition coefficient (Wildman–Crippen LogP) is 1.20. The van der Waals surface area contributed by atoms with Crippen LogP contribution in [-0.2, 0) is 6.54 Å². The van der Waals surface area contributed by atoms with Gasteiger partial charge in [0, 0.05) is 18.2 Å². The molecule has 7 heteroatoms. The van der Waals surface area contributed by atoms with Crippen LogP contribution < -0.4 is 11.1 Å². The van der Waals surface area contributed by atoms with Crippen LogP contribution in [0.5, 0.6) is 0 Å². The summed E-state index contributed by atoms with van der Waals surface area (Å²) in [4.78, 5) is 0. The Morgan fingerprint density at radius 1 is 1.35 bits per heavy atom. The molecule has 0 fully saturated rings. The van der Waals surface area contributed by atoms with E-state index in [1.54, 1.807) is 6.20 Å². The highest BCUT2D eigenvalue weighted by Crippen LogP contribution is 2.22. The molecule has 7 nitrogen and oxygen atoms in total. The molecule has 0 amide bonds. The van der Waals surface area contributed by atoms with Crippen LogP contribution in [0.4, 0.5) is 0 Å². The fraction of sp³-hybridized carbons (Fsp3) is 0.769. The minimum absolute atomic E-state index is 0.234. The summed E-state index contributed by atoms with van der Waals surface area (Å²) in [7, 11) is 0. The van der Waals surface area contributed by atoms with Gasteiger partial charge in [-0.05, 0) is 32.4 Å². The van der Waals surface area contributed by atoms with Crippen LogP contribution in [0, 0.1) is 5.41 Å². The summed E-state index contributed by atoms with van der Waals surface area (Å²) < 4.78 is 1.83. The monoisotopic (exact) mass is 282 g/mol. The number of rotatable bonds is 10. The van der Waals surface area contributed by atoms with E-state index < -0.39 is 0 Å². The van der Waals surface area contributed by atoms with Crippen molar-refractivity contribution >= 4 is 5.84 Å². The minimum atomic E-state index is -0.234. The van der Waals surface area contributed by atoms with E-state index in [2.05, 4.69) is 20.8 Å². The third kappa shape index (κ3) is 6.01. The third-order valence-electron chi connectivity index (χ3n) is 3.42. The molecular weight excluding hydrogens is 256 g/mol.